The third-order valence-electron chi connectivity index (χ3n) is 8.23. The van der Waals surface area contributed by atoms with Gasteiger partial charge in [0.25, 0.3) is 0 Å². The van der Waals surface area contributed by atoms with Crippen LogP contribution in [-0.4, -0.2) is 61.9 Å². The van der Waals surface area contributed by atoms with Gasteiger partial charge < -0.3 is 24.8 Å². The highest BCUT2D eigenvalue weighted by molar-refractivity contribution is 5.97. The SMILES string of the molecule is CC(=O)OC(F)(F)F.CCOc1cc(CN2CCC3(CC2)CC(=O)N(c2ccc(C(N)=O)cc2)C3)cc(OCC)c1-c1ccc(F)cc1. The Morgan fingerprint density at radius 3 is 1.94 bits per heavy atom. The average Bonchev–Trinajstić information content (AvgIpc) is 3.34. The number of nitrogens with zero attached hydrogens (tertiary/aromatic N) is 2. The van der Waals surface area contributed by atoms with Crippen molar-refractivity contribution in [3.63, 3.8) is 0 Å². The van der Waals surface area contributed by atoms with Crippen LogP contribution in [0.2, 0.25) is 0 Å². The second kappa shape index (κ2) is 15.5. The number of hydrogen-bond acceptors (Lipinski definition) is 7. The first-order valence-corrected chi connectivity index (χ1v) is 15.6. The summed E-state index contributed by atoms with van der Waals surface area (Å²) in [6.45, 7) is 8.79. The van der Waals surface area contributed by atoms with E-state index in [1.807, 2.05) is 18.7 Å². The molecule has 0 unspecified atom stereocenters. The van der Waals surface area contributed by atoms with Crippen LogP contribution in [0, 0.1) is 11.2 Å². The molecule has 2 aliphatic heterocycles. The second-order valence-corrected chi connectivity index (χ2v) is 11.7. The van der Waals surface area contributed by atoms with Crippen molar-refractivity contribution in [3.05, 3.63) is 77.6 Å². The maximum absolute atomic E-state index is 13.6. The first-order chi connectivity index (χ1) is 22.7. The highest BCUT2D eigenvalue weighted by Gasteiger charge is 2.45. The number of likely N-dealkylation sites (tertiary alicyclic amines) is 1. The molecule has 3 aromatic carbocycles. The molecule has 48 heavy (non-hydrogen) atoms. The number of anilines is 1. The third-order valence-corrected chi connectivity index (χ3v) is 8.23. The van der Waals surface area contributed by atoms with Gasteiger partial charge in [-0.15, -0.1) is 13.2 Å². The van der Waals surface area contributed by atoms with Gasteiger partial charge in [0.15, 0.2) is 0 Å². The maximum Gasteiger partial charge on any atom is 0.575 e. The smallest absolute Gasteiger partial charge is 0.493 e. The lowest BCUT2D eigenvalue weighted by Gasteiger charge is -2.39. The minimum absolute atomic E-state index is 0.0463. The van der Waals surface area contributed by atoms with Crippen LogP contribution < -0.4 is 20.1 Å². The van der Waals surface area contributed by atoms with Crippen LogP contribution >= 0.6 is 0 Å². The maximum atomic E-state index is 13.6. The van der Waals surface area contributed by atoms with Crippen LogP contribution in [-0.2, 0) is 20.9 Å². The lowest BCUT2D eigenvalue weighted by molar-refractivity contribution is -0.304. The number of benzene rings is 3. The van der Waals surface area contributed by atoms with Gasteiger partial charge in [-0.2, -0.15) is 0 Å². The summed E-state index contributed by atoms with van der Waals surface area (Å²) in [5.74, 6) is -0.537. The van der Waals surface area contributed by atoms with Crippen molar-refractivity contribution in [2.24, 2.45) is 11.1 Å². The third kappa shape index (κ3) is 9.46. The Hall–Kier alpha value is -4.65. The Kier molecular flexibility index (Phi) is 11.7. The fourth-order valence-corrected chi connectivity index (χ4v) is 6.05. The van der Waals surface area contributed by atoms with Crippen molar-refractivity contribution >= 4 is 23.5 Å². The number of halogens is 4. The summed E-state index contributed by atoms with van der Waals surface area (Å²) >= 11 is 0. The van der Waals surface area contributed by atoms with E-state index in [0.29, 0.717) is 38.7 Å². The van der Waals surface area contributed by atoms with Crippen molar-refractivity contribution in [1.82, 2.24) is 4.90 Å². The molecular formula is C35H39F4N3O6. The van der Waals surface area contributed by atoms with Crippen LogP contribution in [0.5, 0.6) is 11.5 Å². The summed E-state index contributed by atoms with van der Waals surface area (Å²) in [4.78, 5) is 38.2. The van der Waals surface area contributed by atoms with Crippen LogP contribution in [0.25, 0.3) is 11.1 Å². The summed E-state index contributed by atoms with van der Waals surface area (Å²) in [6, 6.07) is 17.5. The molecule has 0 aliphatic carbocycles. The van der Waals surface area contributed by atoms with Gasteiger partial charge in [0.1, 0.15) is 17.3 Å². The molecule has 2 heterocycles. The zero-order valence-electron chi connectivity index (χ0n) is 27.1. The largest absolute Gasteiger partial charge is 0.575 e. The molecule has 3 aromatic rings. The average molecular weight is 674 g/mol. The van der Waals surface area contributed by atoms with Gasteiger partial charge >= 0.3 is 12.3 Å². The zero-order valence-corrected chi connectivity index (χ0v) is 27.1. The van der Waals surface area contributed by atoms with E-state index in [1.165, 1.54) is 12.1 Å². The van der Waals surface area contributed by atoms with Crippen molar-refractivity contribution in [2.45, 2.75) is 52.9 Å². The minimum atomic E-state index is -4.83. The van der Waals surface area contributed by atoms with Crippen LogP contribution in [0.3, 0.4) is 0 Å². The van der Waals surface area contributed by atoms with E-state index in [0.717, 1.165) is 66.4 Å². The highest BCUT2D eigenvalue weighted by atomic mass is 19.4. The summed E-state index contributed by atoms with van der Waals surface area (Å²) in [7, 11) is 0. The Balaban J connectivity index is 0.000000579. The van der Waals surface area contributed by atoms with Gasteiger partial charge in [-0.3, -0.25) is 19.3 Å². The van der Waals surface area contributed by atoms with E-state index in [1.54, 1.807) is 36.4 Å². The van der Waals surface area contributed by atoms with E-state index in [9.17, 15) is 31.9 Å². The number of hydrogen-bond donors (Lipinski definition) is 1. The van der Waals surface area contributed by atoms with Gasteiger partial charge in [0, 0.05) is 37.7 Å². The fourth-order valence-electron chi connectivity index (χ4n) is 6.05. The van der Waals surface area contributed by atoms with E-state index in [4.69, 9.17) is 15.2 Å². The predicted octanol–water partition coefficient (Wildman–Crippen LogP) is 6.48. The molecule has 0 aromatic heterocycles. The summed E-state index contributed by atoms with van der Waals surface area (Å²) in [5, 5.41) is 0. The molecule has 2 aliphatic rings. The van der Waals surface area contributed by atoms with Crippen molar-refractivity contribution in [1.29, 1.82) is 0 Å². The monoisotopic (exact) mass is 673 g/mol. The highest BCUT2D eigenvalue weighted by Crippen LogP contribution is 2.44. The molecule has 258 valence electrons. The van der Waals surface area contributed by atoms with Gasteiger partial charge in [-0.25, -0.2) is 4.39 Å². The van der Waals surface area contributed by atoms with Gasteiger partial charge in [0.05, 0.1) is 18.8 Å². The van der Waals surface area contributed by atoms with E-state index in [-0.39, 0.29) is 17.1 Å². The minimum Gasteiger partial charge on any atom is -0.493 e. The number of esters is 1. The van der Waals surface area contributed by atoms with Gasteiger partial charge in [-0.1, -0.05) is 12.1 Å². The standard InChI is InChI=1S/C32H36FN3O4.C3H3F3O2/c1-3-39-27-17-22(18-28(40-4-2)30(27)23-5-9-25(33)10-6-23)20-35-15-13-32(14-16-35)19-29(37)36(21-32)26-11-7-24(8-12-26)31(34)38;1-2(7)8-3(4,5)6/h5-12,17-18H,3-4,13-16,19-21H2,1-2H3,(H2,34,38);1H3. The Morgan fingerprint density at radius 2 is 1.48 bits per heavy atom. The zero-order chi connectivity index (χ0) is 35.1. The van der Waals surface area contributed by atoms with Crippen LogP contribution in [0.15, 0.2) is 60.7 Å². The number of rotatable bonds is 9. The molecule has 2 saturated heterocycles. The first kappa shape index (κ1) is 36.2. The van der Waals surface area contributed by atoms with Gasteiger partial charge in [-0.05, 0) is 105 Å². The van der Waals surface area contributed by atoms with E-state index >= 15 is 0 Å². The molecule has 0 bridgehead atoms. The number of ether oxygens (including phenoxy) is 3. The van der Waals surface area contributed by atoms with E-state index < -0.39 is 18.2 Å². The normalized spacial score (nSPS) is 15.9. The van der Waals surface area contributed by atoms with E-state index in [2.05, 4.69) is 21.8 Å². The topological polar surface area (TPSA) is 111 Å². The number of nitrogens with two attached hydrogens (primary N) is 1. The van der Waals surface area contributed by atoms with Crippen LogP contribution in [0.4, 0.5) is 23.2 Å². The fraction of sp³-hybridized carbons (Fsp3) is 0.400. The van der Waals surface area contributed by atoms with Crippen LogP contribution in [0.1, 0.15) is 56.0 Å². The molecule has 1 spiro atoms. The molecule has 9 nitrogen and oxygen atoms in total. The Bertz CT molecular complexity index is 1560. The molecule has 2 amide bonds. The number of carbonyl (C=O) groups excluding carboxylic acids is 3. The summed E-state index contributed by atoms with van der Waals surface area (Å²) in [6.07, 6.45) is -2.43. The number of alkyl halides is 3. The second-order valence-electron chi connectivity index (χ2n) is 11.7. The number of primary amides is 1. The van der Waals surface area contributed by atoms with Crippen molar-refractivity contribution < 1.29 is 46.2 Å². The number of carbonyl (C=O) groups is 3. The van der Waals surface area contributed by atoms with Gasteiger partial charge in [0.2, 0.25) is 11.8 Å². The molecular weight excluding hydrogens is 634 g/mol. The summed E-state index contributed by atoms with van der Waals surface area (Å²) in [5.41, 5.74) is 9.32. The molecule has 5 rings (SSSR count). The molecule has 0 saturated carbocycles. The predicted molar refractivity (Wildman–Crippen MR) is 171 cm³/mol. The Morgan fingerprint density at radius 1 is 0.917 bits per heavy atom. The molecule has 2 fully saturated rings. The molecule has 0 radical (unpaired) electrons. The molecule has 13 heteroatoms. The lowest BCUT2D eigenvalue weighted by Crippen LogP contribution is -2.41. The van der Waals surface area contributed by atoms with Crippen molar-refractivity contribution in [3.8, 4) is 22.6 Å². The Labute approximate surface area is 276 Å². The lowest BCUT2D eigenvalue weighted by atomic mass is 9.77. The van der Waals surface area contributed by atoms with Crippen molar-refractivity contribution in [2.75, 3.05) is 37.7 Å². The quantitative estimate of drug-likeness (QED) is 0.205. The molecule has 0 atom stereocenters. The molecule has 2 N–H and O–H groups in total. The number of piperidine rings is 1. The first-order valence-electron chi connectivity index (χ1n) is 15.6. The summed E-state index contributed by atoms with van der Waals surface area (Å²) < 4.78 is 61.1. The number of amides is 2.